The van der Waals surface area contributed by atoms with Crippen LogP contribution < -0.4 is 9.64 Å². The fourth-order valence-corrected chi connectivity index (χ4v) is 2.78. The summed E-state index contributed by atoms with van der Waals surface area (Å²) in [5.41, 5.74) is 3.00. The van der Waals surface area contributed by atoms with E-state index in [0.717, 1.165) is 22.6 Å². The molecule has 7 nitrogen and oxygen atoms in total. The summed E-state index contributed by atoms with van der Waals surface area (Å²) in [5.74, 6) is 0.555. The van der Waals surface area contributed by atoms with Crippen molar-refractivity contribution in [1.29, 1.82) is 0 Å². The topological polar surface area (TPSA) is 88.7 Å². The lowest BCUT2D eigenvalue weighted by molar-refractivity contribution is -0.135. The number of ether oxygens (including phenoxy) is 1. The van der Waals surface area contributed by atoms with Gasteiger partial charge in [0.05, 0.1) is 6.54 Å². The van der Waals surface area contributed by atoms with E-state index in [1.165, 1.54) is 0 Å². The number of hydrogen-bond acceptors (Lipinski definition) is 6. The molecule has 0 unspecified atom stereocenters. The van der Waals surface area contributed by atoms with Crippen molar-refractivity contribution >= 4 is 11.7 Å². The van der Waals surface area contributed by atoms with Gasteiger partial charge in [0.1, 0.15) is 12.3 Å². The van der Waals surface area contributed by atoms with E-state index in [2.05, 4.69) is 16.2 Å². The average molecular weight is 367 g/mol. The molecule has 1 N–H and O–H groups in total. The normalized spacial score (nSPS) is 10.6. The summed E-state index contributed by atoms with van der Waals surface area (Å²) in [7, 11) is 0. The molecule has 0 radical (unpaired) electrons. The van der Waals surface area contributed by atoms with Gasteiger partial charge in [0.25, 0.3) is 0 Å². The van der Waals surface area contributed by atoms with Gasteiger partial charge in [0.2, 0.25) is 11.7 Å². The van der Waals surface area contributed by atoms with Crippen molar-refractivity contribution in [2.24, 2.45) is 0 Å². The third kappa shape index (κ3) is 5.31. The zero-order chi connectivity index (χ0) is 19.2. The Kier molecular flexibility index (Phi) is 5.71. The number of aliphatic carboxylic acids is 1. The maximum atomic E-state index is 11.2. The Bertz CT molecular complexity index is 888. The van der Waals surface area contributed by atoms with Crippen LogP contribution in [0.15, 0.2) is 53.1 Å². The van der Waals surface area contributed by atoms with Crippen molar-refractivity contribution in [3.63, 3.8) is 0 Å². The highest BCUT2D eigenvalue weighted by Crippen LogP contribution is 2.18. The molecule has 140 valence electrons. The largest absolute Gasteiger partial charge is 0.485 e. The molecule has 1 aromatic heterocycles. The van der Waals surface area contributed by atoms with Crippen LogP contribution in [-0.2, 0) is 17.9 Å². The Balaban J connectivity index is 1.66. The molecule has 2 aromatic carbocycles. The third-order valence-corrected chi connectivity index (χ3v) is 3.85. The molecular weight excluding hydrogens is 346 g/mol. The van der Waals surface area contributed by atoms with E-state index in [9.17, 15) is 4.79 Å². The molecule has 0 spiro atoms. The highest BCUT2D eigenvalue weighted by atomic mass is 16.5. The third-order valence-electron chi connectivity index (χ3n) is 3.85. The number of rotatable bonds is 8. The van der Waals surface area contributed by atoms with E-state index in [4.69, 9.17) is 14.4 Å². The summed E-state index contributed by atoms with van der Waals surface area (Å²) in [6.45, 7) is 4.23. The van der Waals surface area contributed by atoms with Crippen molar-refractivity contribution in [2.45, 2.75) is 27.0 Å². The lowest BCUT2D eigenvalue weighted by Gasteiger charge is -2.20. The SMILES string of the molecule is Cc1cc(C)cc(OCc2noc(CN(CC(=O)O)c3ccccc3)n2)c1. The molecule has 0 bridgehead atoms. The quantitative estimate of drug-likeness (QED) is 0.653. The van der Waals surface area contributed by atoms with Gasteiger partial charge in [-0.15, -0.1) is 0 Å². The van der Waals surface area contributed by atoms with Crippen LogP contribution in [0.3, 0.4) is 0 Å². The Morgan fingerprint density at radius 1 is 1.15 bits per heavy atom. The minimum absolute atomic E-state index is 0.166. The second-order valence-electron chi connectivity index (χ2n) is 6.30. The van der Waals surface area contributed by atoms with Gasteiger partial charge in [-0.2, -0.15) is 4.98 Å². The van der Waals surface area contributed by atoms with Crippen molar-refractivity contribution in [3.05, 3.63) is 71.4 Å². The second kappa shape index (κ2) is 8.35. The van der Waals surface area contributed by atoms with Crippen LogP contribution in [0.2, 0.25) is 0 Å². The maximum Gasteiger partial charge on any atom is 0.323 e. The number of aromatic nitrogens is 2. The highest BCUT2D eigenvalue weighted by molar-refractivity contribution is 5.73. The molecule has 0 aliphatic carbocycles. The first kappa shape index (κ1) is 18.4. The van der Waals surface area contributed by atoms with Crippen LogP contribution in [-0.4, -0.2) is 27.8 Å². The summed E-state index contributed by atoms with van der Waals surface area (Å²) in [6, 6.07) is 15.2. The van der Waals surface area contributed by atoms with E-state index in [1.54, 1.807) is 4.90 Å². The molecule has 27 heavy (non-hydrogen) atoms. The summed E-state index contributed by atoms with van der Waals surface area (Å²) >= 11 is 0. The van der Waals surface area contributed by atoms with E-state index in [1.807, 2.05) is 56.3 Å². The van der Waals surface area contributed by atoms with Gasteiger partial charge in [-0.05, 0) is 49.2 Å². The number of hydrogen-bond donors (Lipinski definition) is 1. The number of aryl methyl sites for hydroxylation is 2. The Morgan fingerprint density at radius 2 is 1.85 bits per heavy atom. The molecule has 3 rings (SSSR count). The standard InChI is InChI=1S/C20H21N3O4/c1-14-8-15(2)10-17(9-14)26-13-18-21-19(27-22-18)11-23(12-20(24)25)16-6-4-3-5-7-16/h3-10H,11-13H2,1-2H3,(H,24,25). The predicted octanol–water partition coefficient (Wildman–Crippen LogP) is 3.36. The summed E-state index contributed by atoms with van der Waals surface area (Å²) < 4.78 is 11.0. The van der Waals surface area contributed by atoms with Crippen molar-refractivity contribution in [3.8, 4) is 5.75 Å². The van der Waals surface area contributed by atoms with E-state index >= 15 is 0 Å². The Hall–Kier alpha value is -3.35. The molecule has 0 saturated carbocycles. The number of benzene rings is 2. The van der Waals surface area contributed by atoms with Gasteiger partial charge in [0.15, 0.2) is 6.61 Å². The zero-order valence-corrected chi connectivity index (χ0v) is 15.3. The number of anilines is 1. The number of carbonyl (C=O) groups is 1. The first-order valence-electron chi connectivity index (χ1n) is 8.54. The van der Waals surface area contributed by atoms with Crippen LogP contribution in [0.1, 0.15) is 22.8 Å². The molecule has 0 amide bonds. The predicted molar refractivity (Wildman–Crippen MR) is 99.7 cm³/mol. The first-order chi connectivity index (χ1) is 13.0. The molecular formula is C20H21N3O4. The number of carboxylic acid groups (broad SMARTS) is 1. The van der Waals surface area contributed by atoms with Crippen LogP contribution in [0, 0.1) is 13.8 Å². The average Bonchev–Trinajstić information content (AvgIpc) is 3.06. The minimum atomic E-state index is -0.934. The lowest BCUT2D eigenvalue weighted by Crippen LogP contribution is -2.29. The van der Waals surface area contributed by atoms with Crippen LogP contribution in [0.4, 0.5) is 5.69 Å². The van der Waals surface area contributed by atoms with Gasteiger partial charge in [-0.3, -0.25) is 4.79 Å². The van der Waals surface area contributed by atoms with Crippen LogP contribution in [0.5, 0.6) is 5.75 Å². The lowest BCUT2D eigenvalue weighted by atomic mass is 10.1. The number of para-hydroxylation sites is 1. The molecule has 0 aliphatic rings. The van der Waals surface area contributed by atoms with E-state index < -0.39 is 5.97 Å². The summed E-state index contributed by atoms with van der Waals surface area (Å²) in [5, 5.41) is 13.1. The van der Waals surface area contributed by atoms with Crippen molar-refractivity contribution in [1.82, 2.24) is 10.1 Å². The van der Waals surface area contributed by atoms with Crippen molar-refractivity contribution in [2.75, 3.05) is 11.4 Å². The molecule has 0 fully saturated rings. The Labute approximate surface area is 157 Å². The van der Waals surface area contributed by atoms with Gasteiger partial charge in [-0.1, -0.05) is 29.4 Å². The van der Waals surface area contributed by atoms with Crippen LogP contribution in [0.25, 0.3) is 0 Å². The van der Waals surface area contributed by atoms with Gasteiger partial charge >= 0.3 is 5.97 Å². The number of carboxylic acids is 1. The fourth-order valence-electron chi connectivity index (χ4n) is 2.78. The van der Waals surface area contributed by atoms with Crippen molar-refractivity contribution < 1.29 is 19.2 Å². The highest BCUT2D eigenvalue weighted by Gasteiger charge is 2.16. The van der Waals surface area contributed by atoms with Crippen LogP contribution >= 0.6 is 0 Å². The maximum absolute atomic E-state index is 11.2. The minimum Gasteiger partial charge on any atom is -0.485 e. The van der Waals surface area contributed by atoms with E-state index in [0.29, 0.717) is 11.7 Å². The number of nitrogens with zero attached hydrogens (tertiary/aromatic N) is 3. The van der Waals surface area contributed by atoms with Gasteiger partial charge in [0, 0.05) is 5.69 Å². The summed E-state index contributed by atoms with van der Waals surface area (Å²) in [6.07, 6.45) is 0. The van der Waals surface area contributed by atoms with Gasteiger partial charge < -0.3 is 19.3 Å². The zero-order valence-electron chi connectivity index (χ0n) is 15.3. The Morgan fingerprint density at radius 3 is 2.52 bits per heavy atom. The van der Waals surface area contributed by atoms with E-state index in [-0.39, 0.29) is 19.7 Å². The molecule has 0 atom stereocenters. The monoisotopic (exact) mass is 367 g/mol. The first-order valence-corrected chi connectivity index (χ1v) is 8.54. The fraction of sp³-hybridized carbons (Fsp3) is 0.250. The molecule has 0 aliphatic heterocycles. The second-order valence-corrected chi connectivity index (χ2v) is 6.30. The smallest absolute Gasteiger partial charge is 0.323 e. The molecule has 3 aromatic rings. The summed E-state index contributed by atoms with van der Waals surface area (Å²) in [4.78, 5) is 17.1. The molecule has 0 saturated heterocycles. The molecule has 1 heterocycles. The van der Waals surface area contributed by atoms with Gasteiger partial charge in [-0.25, -0.2) is 0 Å². The molecule has 7 heteroatoms.